The van der Waals surface area contributed by atoms with Crippen molar-refractivity contribution in [3.05, 3.63) is 42.0 Å². The van der Waals surface area contributed by atoms with Gasteiger partial charge < -0.3 is 19.0 Å². The predicted octanol–water partition coefficient (Wildman–Crippen LogP) is 4.52. The van der Waals surface area contributed by atoms with Crippen LogP contribution in [0.25, 0.3) is 0 Å². The molecule has 2 aliphatic heterocycles. The zero-order valence-corrected chi connectivity index (χ0v) is 22.2. The number of epoxide rings is 1. The van der Waals surface area contributed by atoms with Crippen molar-refractivity contribution in [3.8, 4) is 5.75 Å². The molecular weight excluding hydrogens is 470 g/mol. The number of benzene rings is 1. The van der Waals surface area contributed by atoms with Crippen LogP contribution in [-0.2, 0) is 29.3 Å². The van der Waals surface area contributed by atoms with Crippen LogP contribution in [0.1, 0.15) is 65.4 Å². The Balaban J connectivity index is 1.37. The third kappa shape index (κ3) is 2.64. The van der Waals surface area contributed by atoms with Crippen LogP contribution in [-0.4, -0.2) is 48.0 Å². The fraction of sp³-hybridized carbons (Fsp3) is 0.633. The van der Waals surface area contributed by atoms with Gasteiger partial charge in [-0.3, -0.25) is 4.79 Å². The number of hydrogen-bond acceptors (Lipinski definition) is 7. The van der Waals surface area contributed by atoms with Crippen LogP contribution >= 0.6 is 0 Å². The Morgan fingerprint density at radius 1 is 1.11 bits per heavy atom. The van der Waals surface area contributed by atoms with Crippen molar-refractivity contribution < 1.29 is 28.6 Å². The van der Waals surface area contributed by atoms with Crippen LogP contribution in [0.15, 0.2) is 41.6 Å². The predicted molar refractivity (Wildman–Crippen MR) is 135 cm³/mol. The summed E-state index contributed by atoms with van der Waals surface area (Å²) >= 11 is 0. The molecular formula is C30H35NO6. The van der Waals surface area contributed by atoms with E-state index in [4.69, 9.17) is 19.0 Å². The number of carbonyl (C=O) groups is 2. The molecule has 0 N–H and O–H groups in total. The zero-order chi connectivity index (χ0) is 26.0. The molecule has 4 fully saturated rings. The van der Waals surface area contributed by atoms with Crippen molar-refractivity contribution >= 4 is 17.5 Å². The minimum absolute atomic E-state index is 0.141. The number of oxime groups is 1. The van der Waals surface area contributed by atoms with Gasteiger partial charge in [0, 0.05) is 29.1 Å². The fourth-order valence-electron chi connectivity index (χ4n) is 9.19. The van der Waals surface area contributed by atoms with E-state index in [2.05, 4.69) is 36.4 Å². The molecule has 0 aromatic heterocycles. The Morgan fingerprint density at radius 2 is 1.84 bits per heavy atom. The minimum atomic E-state index is -0.854. The topological polar surface area (TPSA) is 86.7 Å². The normalized spacial score (nSPS) is 44.6. The Kier molecular flexibility index (Phi) is 4.46. The molecule has 3 saturated carbocycles. The molecule has 2 bridgehead atoms. The molecule has 7 nitrogen and oxygen atoms in total. The maximum absolute atomic E-state index is 14.2. The Labute approximate surface area is 217 Å². The number of nitrogens with zero attached hydrogens (tertiary/aromatic N) is 1. The number of fused-ring (bicyclic) bond motifs is 5. The first-order valence-corrected chi connectivity index (χ1v) is 13.6. The van der Waals surface area contributed by atoms with Crippen LogP contribution in [0.3, 0.4) is 0 Å². The highest BCUT2D eigenvalue weighted by Crippen LogP contribution is 2.82. The van der Waals surface area contributed by atoms with E-state index in [-0.39, 0.29) is 40.3 Å². The third-order valence-corrected chi connectivity index (χ3v) is 10.5. The van der Waals surface area contributed by atoms with Gasteiger partial charge in [-0.15, -0.1) is 0 Å². The summed E-state index contributed by atoms with van der Waals surface area (Å²) in [7, 11) is 1.67. The Bertz CT molecular complexity index is 1260. The van der Waals surface area contributed by atoms with Gasteiger partial charge in [-0.1, -0.05) is 49.2 Å². The maximum atomic E-state index is 14.2. The van der Waals surface area contributed by atoms with Gasteiger partial charge in [-0.25, -0.2) is 4.79 Å². The van der Waals surface area contributed by atoms with E-state index in [1.807, 2.05) is 32.9 Å². The van der Waals surface area contributed by atoms with E-state index >= 15 is 0 Å². The lowest BCUT2D eigenvalue weighted by atomic mass is 9.51. The highest BCUT2D eigenvalue weighted by molar-refractivity contribution is 6.37. The van der Waals surface area contributed by atoms with Crippen molar-refractivity contribution in [1.29, 1.82) is 0 Å². The molecule has 0 radical (unpaired) electrons. The quantitative estimate of drug-likeness (QED) is 0.341. The first-order chi connectivity index (χ1) is 17.5. The zero-order valence-electron chi connectivity index (χ0n) is 22.2. The van der Waals surface area contributed by atoms with Crippen molar-refractivity contribution in [2.24, 2.45) is 27.8 Å². The lowest BCUT2D eigenvalue weighted by Crippen LogP contribution is -2.60. The Morgan fingerprint density at radius 3 is 2.54 bits per heavy atom. The van der Waals surface area contributed by atoms with E-state index < -0.39 is 28.7 Å². The second-order valence-corrected chi connectivity index (χ2v) is 13.1. The van der Waals surface area contributed by atoms with Gasteiger partial charge in [-0.05, 0) is 56.7 Å². The molecule has 7 rings (SSSR count). The second kappa shape index (κ2) is 7.04. The summed E-state index contributed by atoms with van der Waals surface area (Å²) in [5, 5.41) is 4.33. The summed E-state index contributed by atoms with van der Waals surface area (Å²) < 4.78 is 17.2. The number of rotatable bonds is 3. The summed E-state index contributed by atoms with van der Waals surface area (Å²) in [6.07, 6.45) is 8.37. The molecule has 4 aliphatic carbocycles. The summed E-state index contributed by atoms with van der Waals surface area (Å²) in [5.41, 5.74) is -0.960. The largest absolute Gasteiger partial charge is 0.497 e. The lowest BCUT2D eigenvalue weighted by Gasteiger charge is -2.52. The molecule has 0 amide bonds. The average molecular weight is 506 g/mol. The highest BCUT2D eigenvalue weighted by atomic mass is 16.7. The van der Waals surface area contributed by atoms with Gasteiger partial charge in [0.05, 0.1) is 7.11 Å². The monoisotopic (exact) mass is 505 g/mol. The van der Waals surface area contributed by atoms with Crippen molar-refractivity contribution in [2.75, 3.05) is 7.11 Å². The van der Waals surface area contributed by atoms with E-state index in [1.54, 1.807) is 7.11 Å². The highest BCUT2D eigenvalue weighted by Gasteiger charge is 2.87. The van der Waals surface area contributed by atoms with E-state index in [0.717, 1.165) is 37.0 Å². The van der Waals surface area contributed by atoms with Crippen LogP contribution in [0.5, 0.6) is 5.75 Å². The molecule has 196 valence electrons. The van der Waals surface area contributed by atoms with Gasteiger partial charge in [-0.2, -0.15) is 0 Å². The number of Topliss-reactive ketones (excluding diaryl/α,β-unsaturated/α-hetero) is 1. The first kappa shape index (κ1) is 23.4. The molecule has 37 heavy (non-hydrogen) atoms. The number of carbonyl (C=O) groups excluding carboxylic acids is 2. The summed E-state index contributed by atoms with van der Waals surface area (Å²) in [6.45, 7) is 7.92. The van der Waals surface area contributed by atoms with Gasteiger partial charge in [0.2, 0.25) is 0 Å². The maximum Gasteiger partial charge on any atom is 0.356 e. The van der Waals surface area contributed by atoms with Crippen molar-refractivity contribution in [2.45, 2.75) is 88.6 Å². The van der Waals surface area contributed by atoms with Gasteiger partial charge in [0.15, 0.2) is 17.1 Å². The van der Waals surface area contributed by atoms with Gasteiger partial charge >= 0.3 is 5.97 Å². The molecule has 7 heteroatoms. The van der Waals surface area contributed by atoms with E-state index in [0.29, 0.717) is 6.42 Å². The Hall–Kier alpha value is -2.67. The molecule has 1 aromatic carbocycles. The SMILES string of the molecule is COc1ccc([C@]23C=C[C@@]4(CCCC[C@@]24C)[C@H]2[C@@H]3C(=O)[C@@H]3O[C@@H]3[C@]23CC(C(=O)OC(C)(C)C)=NO3)cc1. The van der Waals surface area contributed by atoms with Crippen LogP contribution < -0.4 is 4.74 Å². The first-order valence-electron chi connectivity index (χ1n) is 13.6. The smallest absolute Gasteiger partial charge is 0.356 e. The van der Waals surface area contributed by atoms with E-state index in [9.17, 15) is 9.59 Å². The molecule has 2 heterocycles. The van der Waals surface area contributed by atoms with Gasteiger partial charge in [0.1, 0.15) is 23.6 Å². The molecule has 1 aromatic rings. The fourth-order valence-corrected chi connectivity index (χ4v) is 9.19. The molecule has 1 spiro atoms. The van der Waals surface area contributed by atoms with Crippen LogP contribution in [0, 0.1) is 22.7 Å². The number of methoxy groups -OCH3 is 1. The van der Waals surface area contributed by atoms with Crippen LogP contribution in [0.4, 0.5) is 0 Å². The minimum Gasteiger partial charge on any atom is -0.497 e. The average Bonchev–Trinajstić information content (AvgIpc) is 3.42. The molecule has 1 saturated heterocycles. The third-order valence-electron chi connectivity index (χ3n) is 10.5. The van der Waals surface area contributed by atoms with Crippen molar-refractivity contribution in [1.82, 2.24) is 0 Å². The molecule has 0 unspecified atom stereocenters. The van der Waals surface area contributed by atoms with E-state index in [1.165, 1.54) is 0 Å². The molecule has 6 aliphatic rings. The standard InChI is InChI=1S/C30H35NO6/c1-26(2,3)36-25(33)19-16-30(37-31-19)23-20(21(32)22-24(30)35-22)29(17-8-10-18(34-5)11-9-17)15-14-28(23)13-7-6-12-27(28,29)4/h8-11,14-15,20,22-24H,6-7,12-13,16H2,1-5H3/t20-,22-,23+,24-,27+,28-,29-,30-/m0/s1. The van der Waals surface area contributed by atoms with Gasteiger partial charge in [0.25, 0.3) is 0 Å². The summed E-state index contributed by atoms with van der Waals surface area (Å²) in [4.78, 5) is 33.6. The summed E-state index contributed by atoms with van der Waals surface area (Å²) in [5.74, 6) is 0.0548. The summed E-state index contributed by atoms with van der Waals surface area (Å²) in [6, 6.07) is 8.23. The number of esters is 1. The van der Waals surface area contributed by atoms with Crippen LogP contribution in [0.2, 0.25) is 0 Å². The second-order valence-electron chi connectivity index (χ2n) is 13.1. The van der Waals surface area contributed by atoms with Crippen molar-refractivity contribution in [3.63, 3.8) is 0 Å². The number of hydrogen-bond donors (Lipinski definition) is 0. The number of ketones is 1. The number of ether oxygens (including phenoxy) is 3. The lowest BCUT2D eigenvalue weighted by molar-refractivity contribution is -0.152. The number of allylic oxidation sites excluding steroid dienone is 2. The molecule has 8 atom stereocenters.